The van der Waals surface area contributed by atoms with Gasteiger partial charge in [0.15, 0.2) is 0 Å². The number of carbonyl (C=O) groups is 1. The van der Waals surface area contributed by atoms with Crippen molar-refractivity contribution in [1.82, 2.24) is 19.9 Å². The zero-order chi connectivity index (χ0) is 16.9. The second kappa shape index (κ2) is 8.09. The molecule has 3 rings (SSSR count). The third kappa shape index (κ3) is 4.34. The Morgan fingerprint density at radius 3 is 2.88 bits per heavy atom. The van der Waals surface area contributed by atoms with E-state index in [9.17, 15) is 4.79 Å². The molecule has 0 spiro atoms. The summed E-state index contributed by atoms with van der Waals surface area (Å²) in [7, 11) is 0. The van der Waals surface area contributed by atoms with Crippen LogP contribution in [0.5, 0.6) is 0 Å². The number of piperazine rings is 1. The maximum absolute atomic E-state index is 11.9. The molecule has 1 unspecified atom stereocenters. The van der Waals surface area contributed by atoms with Gasteiger partial charge in [0.25, 0.3) is 0 Å². The van der Waals surface area contributed by atoms with Gasteiger partial charge in [-0.15, -0.1) is 22.9 Å². The minimum atomic E-state index is -0.438. The lowest BCUT2D eigenvalue weighted by Gasteiger charge is -2.35. The summed E-state index contributed by atoms with van der Waals surface area (Å²) in [5.41, 5.74) is 0. The Kier molecular flexibility index (Phi) is 5.86. The number of rotatable bonds is 6. The second-order valence-corrected chi connectivity index (χ2v) is 7.48. The van der Waals surface area contributed by atoms with Crippen LogP contribution in [0.4, 0.5) is 0 Å². The van der Waals surface area contributed by atoms with E-state index in [1.165, 1.54) is 0 Å². The molecule has 1 aliphatic heterocycles. The van der Waals surface area contributed by atoms with Gasteiger partial charge in [0, 0.05) is 32.6 Å². The summed E-state index contributed by atoms with van der Waals surface area (Å²) in [6.45, 7) is 5.97. The van der Waals surface area contributed by atoms with Crippen molar-refractivity contribution in [3.8, 4) is 10.7 Å². The number of hydrogen-bond acceptors (Lipinski definition) is 6. The second-order valence-electron chi connectivity index (χ2n) is 5.88. The maximum atomic E-state index is 11.9. The standard InChI is InChI=1S/C16H21ClN4O2S/c1-12(17)16(22)21-9-7-20(8-10-21)6-2-5-14-18-15(19-23-14)13-4-3-11-24-13/h3-4,11-12H,2,5-10H2,1H3. The van der Waals surface area contributed by atoms with Crippen LogP contribution in [0.15, 0.2) is 22.0 Å². The normalized spacial score (nSPS) is 17.2. The molecule has 3 heterocycles. The lowest BCUT2D eigenvalue weighted by Crippen LogP contribution is -2.50. The molecule has 130 valence electrons. The van der Waals surface area contributed by atoms with E-state index in [0.717, 1.165) is 50.4 Å². The Morgan fingerprint density at radius 2 is 2.21 bits per heavy atom. The van der Waals surface area contributed by atoms with Crippen LogP contribution in [0.1, 0.15) is 19.2 Å². The van der Waals surface area contributed by atoms with Crippen molar-refractivity contribution in [2.75, 3.05) is 32.7 Å². The Labute approximate surface area is 150 Å². The van der Waals surface area contributed by atoms with Gasteiger partial charge in [0.05, 0.1) is 4.88 Å². The molecule has 6 nitrogen and oxygen atoms in total. The van der Waals surface area contributed by atoms with E-state index in [-0.39, 0.29) is 5.91 Å². The fourth-order valence-electron chi connectivity index (χ4n) is 2.76. The monoisotopic (exact) mass is 368 g/mol. The van der Waals surface area contributed by atoms with Gasteiger partial charge in [0.2, 0.25) is 17.6 Å². The summed E-state index contributed by atoms with van der Waals surface area (Å²) >= 11 is 7.47. The van der Waals surface area contributed by atoms with Gasteiger partial charge in [0.1, 0.15) is 5.38 Å². The topological polar surface area (TPSA) is 62.5 Å². The van der Waals surface area contributed by atoms with Crippen molar-refractivity contribution in [3.05, 3.63) is 23.4 Å². The van der Waals surface area contributed by atoms with Gasteiger partial charge in [-0.2, -0.15) is 4.98 Å². The van der Waals surface area contributed by atoms with E-state index in [2.05, 4.69) is 15.0 Å². The molecule has 8 heteroatoms. The van der Waals surface area contributed by atoms with E-state index >= 15 is 0 Å². The third-order valence-corrected chi connectivity index (χ3v) is 5.15. The first-order valence-corrected chi connectivity index (χ1v) is 9.47. The fraction of sp³-hybridized carbons (Fsp3) is 0.562. The van der Waals surface area contributed by atoms with Gasteiger partial charge >= 0.3 is 0 Å². The first-order chi connectivity index (χ1) is 11.6. The summed E-state index contributed by atoms with van der Waals surface area (Å²) in [6, 6.07) is 3.97. The molecular weight excluding hydrogens is 348 g/mol. The van der Waals surface area contributed by atoms with Gasteiger partial charge < -0.3 is 9.42 Å². The molecular formula is C16H21ClN4O2S. The van der Waals surface area contributed by atoms with Crippen molar-refractivity contribution in [3.63, 3.8) is 0 Å². The Morgan fingerprint density at radius 1 is 1.42 bits per heavy atom. The number of nitrogens with zero attached hydrogens (tertiary/aromatic N) is 4. The van der Waals surface area contributed by atoms with E-state index in [4.69, 9.17) is 16.1 Å². The first-order valence-electron chi connectivity index (χ1n) is 8.15. The van der Waals surface area contributed by atoms with Crippen LogP contribution in [0.2, 0.25) is 0 Å². The molecule has 2 aromatic heterocycles. The number of halogens is 1. The quantitative estimate of drug-likeness (QED) is 0.733. The number of alkyl halides is 1. The van der Waals surface area contributed by atoms with Gasteiger partial charge in [-0.1, -0.05) is 11.2 Å². The summed E-state index contributed by atoms with van der Waals surface area (Å²) in [6.07, 6.45) is 1.74. The smallest absolute Gasteiger partial charge is 0.240 e. The highest BCUT2D eigenvalue weighted by molar-refractivity contribution is 7.13. The molecule has 0 N–H and O–H groups in total. The van der Waals surface area contributed by atoms with Crippen molar-refractivity contribution in [1.29, 1.82) is 0 Å². The van der Waals surface area contributed by atoms with Gasteiger partial charge in [-0.05, 0) is 31.3 Å². The van der Waals surface area contributed by atoms with Crippen LogP contribution in [0.3, 0.4) is 0 Å². The Bertz CT molecular complexity index is 651. The Balaban J connectivity index is 1.39. The Hall–Kier alpha value is -1.44. The molecule has 1 atom stereocenters. The van der Waals surface area contributed by atoms with E-state index in [1.54, 1.807) is 18.3 Å². The molecule has 1 saturated heterocycles. The molecule has 0 radical (unpaired) electrons. The lowest BCUT2D eigenvalue weighted by atomic mass is 10.2. The molecule has 0 saturated carbocycles. The number of thiophene rings is 1. The minimum absolute atomic E-state index is 0.0308. The highest BCUT2D eigenvalue weighted by Crippen LogP contribution is 2.21. The highest BCUT2D eigenvalue weighted by Gasteiger charge is 2.23. The third-order valence-electron chi connectivity index (χ3n) is 4.10. The molecule has 0 aromatic carbocycles. The average Bonchev–Trinajstić information content (AvgIpc) is 3.26. The molecule has 1 amide bonds. The van der Waals surface area contributed by atoms with E-state index in [0.29, 0.717) is 11.7 Å². The summed E-state index contributed by atoms with van der Waals surface area (Å²) in [5.74, 6) is 1.38. The summed E-state index contributed by atoms with van der Waals surface area (Å²) < 4.78 is 5.31. The zero-order valence-corrected chi connectivity index (χ0v) is 15.2. The number of hydrogen-bond donors (Lipinski definition) is 0. The van der Waals surface area contributed by atoms with Crippen molar-refractivity contribution in [2.45, 2.75) is 25.1 Å². The van der Waals surface area contributed by atoms with Gasteiger partial charge in [-0.3, -0.25) is 9.69 Å². The molecule has 0 aliphatic carbocycles. The van der Waals surface area contributed by atoms with Crippen LogP contribution < -0.4 is 0 Å². The van der Waals surface area contributed by atoms with Crippen molar-refractivity contribution >= 4 is 28.8 Å². The van der Waals surface area contributed by atoms with Gasteiger partial charge in [-0.25, -0.2) is 0 Å². The maximum Gasteiger partial charge on any atom is 0.240 e. The number of aryl methyl sites for hydroxylation is 1. The first kappa shape index (κ1) is 17.4. The molecule has 1 fully saturated rings. The number of carbonyl (C=O) groups excluding carboxylic acids is 1. The van der Waals surface area contributed by atoms with Crippen LogP contribution in [-0.2, 0) is 11.2 Å². The van der Waals surface area contributed by atoms with Crippen molar-refractivity contribution < 1.29 is 9.32 Å². The van der Waals surface area contributed by atoms with E-state index in [1.807, 2.05) is 22.4 Å². The average molecular weight is 369 g/mol. The predicted octanol–water partition coefficient (Wildman–Crippen LogP) is 2.50. The van der Waals surface area contributed by atoms with E-state index < -0.39 is 5.38 Å². The zero-order valence-electron chi connectivity index (χ0n) is 13.7. The lowest BCUT2D eigenvalue weighted by molar-refractivity contribution is -0.132. The predicted molar refractivity (Wildman–Crippen MR) is 94.3 cm³/mol. The van der Waals surface area contributed by atoms with Crippen LogP contribution in [0.25, 0.3) is 10.7 Å². The van der Waals surface area contributed by atoms with Crippen molar-refractivity contribution in [2.24, 2.45) is 0 Å². The molecule has 24 heavy (non-hydrogen) atoms. The van der Waals surface area contributed by atoms with Crippen LogP contribution in [-0.4, -0.2) is 63.9 Å². The molecule has 1 aliphatic rings. The summed E-state index contributed by atoms with van der Waals surface area (Å²) in [5, 5.41) is 5.59. The summed E-state index contributed by atoms with van der Waals surface area (Å²) in [4.78, 5) is 21.5. The largest absolute Gasteiger partial charge is 0.339 e. The van der Waals surface area contributed by atoms with Crippen LogP contribution >= 0.6 is 22.9 Å². The molecule has 0 bridgehead atoms. The van der Waals surface area contributed by atoms with Crippen LogP contribution in [0, 0.1) is 0 Å². The molecule has 2 aromatic rings. The number of aromatic nitrogens is 2. The SMILES string of the molecule is CC(Cl)C(=O)N1CCN(CCCc2nc(-c3cccs3)no2)CC1. The minimum Gasteiger partial charge on any atom is -0.339 e. The fourth-order valence-corrected chi connectivity index (χ4v) is 3.55. The number of amides is 1. The highest BCUT2D eigenvalue weighted by atomic mass is 35.5.